The van der Waals surface area contributed by atoms with Crippen LogP contribution >= 0.6 is 0 Å². The highest BCUT2D eigenvalue weighted by atomic mass is 32.2. The van der Waals surface area contributed by atoms with Gasteiger partial charge >= 0.3 is 0 Å². The molecule has 0 amide bonds. The van der Waals surface area contributed by atoms with E-state index >= 15 is 0 Å². The van der Waals surface area contributed by atoms with E-state index in [4.69, 9.17) is 10.2 Å². The molecule has 90 valence electrons. The molecule has 1 unspecified atom stereocenters. The van der Waals surface area contributed by atoms with E-state index in [-0.39, 0.29) is 17.3 Å². The molecule has 0 aliphatic rings. The molecule has 0 saturated carbocycles. The van der Waals surface area contributed by atoms with Crippen LogP contribution in [-0.4, -0.2) is 42.6 Å². The maximum atomic E-state index is 12.0. The van der Waals surface area contributed by atoms with Crippen LogP contribution in [0.1, 0.15) is 6.92 Å². The van der Waals surface area contributed by atoms with Gasteiger partial charge in [0, 0.05) is 13.1 Å². The van der Waals surface area contributed by atoms with Crippen LogP contribution in [0.3, 0.4) is 0 Å². The maximum Gasteiger partial charge on any atom is 0.243 e. The molecule has 0 spiro atoms. The first-order valence-electron chi connectivity index (χ1n) is 4.77. The summed E-state index contributed by atoms with van der Waals surface area (Å²) >= 11 is 0. The quantitative estimate of drug-likeness (QED) is 0.804. The number of rotatable bonds is 4. The molecule has 0 radical (unpaired) electrons. The second-order valence-electron chi connectivity index (χ2n) is 3.55. The molecule has 1 atom stereocenters. The number of likely N-dealkylation sites (N-methyl/N-ethyl adjacent to an activating group) is 1. The predicted molar refractivity (Wildman–Crippen MR) is 59.6 cm³/mol. The summed E-state index contributed by atoms with van der Waals surface area (Å²) in [6, 6.07) is 4.78. The molecular weight excluding hydrogens is 230 g/mol. The lowest BCUT2D eigenvalue weighted by atomic mass is 10.3. The van der Waals surface area contributed by atoms with Gasteiger partial charge in [-0.15, -0.1) is 0 Å². The summed E-state index contributed by atoms with van der Waals surface area (Å²) in [6.07, 6.45) is 0. The third-order valence-electron chi connectivity index (χ3n) is 2.40. The van der Waals surface area contributed by atoms with E-state index in [1.807, 2.05) is 0 Å². The molecule has 2 N–H and O–H groups in total. The number of nitrogens with zero attached hydrogens (tertiary/aromatic N) is 1. The molecule has 5 nitrogen and oxygen atoms in total. The average molecular weight is 245 g/mol. The number of phenols is 1. The fourth-order valence-corrected chi connectivity index (χ4v) is 2.49. The Morgan fingerprint density at radius 1 is 1.31 bits per heavy atom. The van der Waals surface area contributed by atoms with Crippen molar-refractivity contribution in [1.29, 1.82) is 0 Å². The Kier molecular flexibility index (Phi) is 3.90. The van der Waals surface area contributed by atoms with Crippen LogP contribution in [0.5, 0.6) is 5.75 Å². The van der Waals surface area contributed by atoms with Crippen molar-refractivity contribution >= 4 is 10.0 Å². The Morgan fingerprint density at radius 2 is 1.81 bits per heavy atom. The highest BCUT2D eigenvalue weighted by molar-refractivity contribution is 7.89. The number of phenolic OH excluding ortho intramolecular Hbond substituents is 1. The van der Waals surface area contributed by atoms with Gasteiger partial charge in [0.05, 0.1) is 11.5 Å². The van der Waals surface area contributed by atoms with Crippen molar-refractivity contribution in [2.75, 3.05) is 13.7 Å². The SMILES string of the molecule is CC(CO)N(C)S(=O)(=O)c1ccc(O)cc1. The molecule has 1 rings (SSSR count). The molecule has 0 aliphatic carbocycles. The van der Waals surface area contributed by atoms with Crippen molar-refractivity contribution in [3.05, 3.63) is 24.3 Å². The number of aromatic hydroxyl groups is 1. The average Bonchev–Trinajstić information content (AvgIpc) is 2.27. The lowest BCUT2D eigenvalue weighted by Gasteiger charge is -2.22. The van der Waals surface area contributed by atoms with E-state index < -0.39 is 16.1 Å². The van der Waals surface area contributed by atoms with Gasteiger partial charge in [-0.25, -0.2) is 8.42 Å². The van der Waals surface area contributed by atoms with Crippen LogP contribution in [0.2, 0.25) is 0 Å². The smallest absolute Gasteiger partial charge is 0.243 e. The second-order valence-corrected chi connectivity index (χ2v) is 5.54. The van der Waals surface area contributed by atoms with Crippen molar-refractivity contribution in [2.45, 2.75) is 17.9 Å². The van der Waals surface area contributed by atoms with Crippen LogP contribution in [-0.2, 0) is 10.0 Å². The monoisotopic (exact) mass is 245 g/mol. The molecule has 0 saturated heterocycles. The van der Waals surface area contributed by atoms with Gasteiger partial charge in [-0.3, -0.25) is 0 Å². The molecule has 0 bridgehead atoms. The Labute approximate surface area is 95.0 Å². The van der Waals surface area contributed by atoms with Crippen LogP contribution < -0.4 is 0 Å². The Balaban J connectivity index is 3.07. The number of hydrogen-bond acceptors (Lipinski definition) is 4. The summed E-state index contributed by atoms with van der Waals surface area (Å²) in [4.78, 5) is 0.0908. The van der Waals surface area contributed by atoms with Gasteiger partial charge in [0.1, 0.15) is 5.75 Å². The molecule has 0 heterocycles. The molecule has 1 aromatic rings. The minimum atomic E-state index is -3.60. The van der Waals surface area contributed by atoms with Gasteiger partial charge < -0.3 is 10.2 Å². The normalized spacial score (nSPS) is 14.0. The number of sulfonamides is 1. The zero-order valence-corrected chi connectivity index (χ0v) is 9.98. The van der Waals surface area contributed by atoms with Crippen LogP contribution in [0.25, 0.3) is 0 Å². The number of aliphatic hydroxyl groups is 1. The van der Waals surface area contributed by atoms with Gasteiger partial charge in [0.25, 0.3) is 0 Å². The van der Waals surface area contributed by atoms with Crippen molar-refractivity contribution in [3.8, 4) is 5.75 Å². The van der Waals surface area contributed by atoms with Crippen LogP contribution in [0, 0.1) is 0 Å². The first kappa shape index (κ1) is 13.0. The van der Waals surface area contributed by atoms with Gasteiger partial charge in [-0.1, -0.05) is 0 Å². The van der Waals surface area contributed by atoms with E-state index in [2.05, 4.69) is 0 Å². The lowest BCUT2D eigenvalue weighted by molar-refractivity contribution is 0.214. The Hall–Kier alpha value is -1.11. The fraction of sp³-hybridized carbons (Fsp3) is 0.400. The van der Waals surface area contributed by atoms with Crippen LogP contribution in [0.4, 0.5) is 0 Å². The van der Waals surface area contributed by atoms with Crippen molar-refractivity contribution in [2.24, 2.45) is 0 Å². The summed E-state index contributed by atoms with van der Waals surface area (Å²) in [5, 5.41) is 18.0. The Bertz CT molecular complexity index is 440. The predicted octanol–water partition coefficient (Wildman–Crippen LogP) is 0.394. The topological polar surface area (TPSA) is 77.8 Å². The minimum Gasteiger partial charge on any atom is -0.508 e. The maximum absolute atomic E-state index is 12.0. The van der Waals surface area contributed by atoms with E-state index in [9.17, 15) is 8.42 Å². The van der Waals surface area contributed by atoms with Gasteiger partial charge in [-0.05, 0) is 31.2 Å². The largest absolute Gasteiger partial charge is 0.508 e. The van der Waals surface area contributed by atoms with Gasteiger partial charge in [0.15, 0.2) is 0 Å². The minimum absolute atomic E-state index is 0.0109. The summed E-state index contributed by atoms with van der Waals surface area (Å²) < 4.78 is 25.1. The molecule has 16 heavy (non-hydrogen) atoms. The zero-order chi connectivity index (χ0) is 12.3. The van der Waals surface area contributed by atoms with E-state index in [1.165, 1.54) is 31.3 Å². The van der Waals surface area contributed by atoms with Gasteiger partial charge in [-0.2, -0.15) is 4.31 Å². The summed E-state index contributed by atoms with van der Waals surface area (Å²) in [5.41, 5.74) is 0. The lowest BCUT2D eigenvalue weighted by Crippen LogP contribution is -2.37. The molecule has 0 aliphatic heterocycles. The first-order valence-corrected chi connectivity index (χ1v) is 6.21. The number of hydrogen-bond donors (Lipinski definition) is 2. The molecule has 6 heteroatoms. The summed E-state index contributed by atoms with van der Waals surface area (Å²) in [5.74, 6) is 0.0109. The molecule has 1 aromatic carbocycles. The molecule has 0 fully saturated rings. The fourth-order valence-electron chi connectivity index (χ4n) is 1.14. The van der Waals surface area contributed by atoms with Crippen LogP contribution in [0.15, 0.2) is 29.2 Å². The van der Waals surface area contributed by atoms with Gasteiger partial charge in [0.2, 0.25) is 10.0 Å². The van der Waals surface area contributed by atoms with Crippen molar-refractivity contribution in [1.82, 2.24) is 4.31 Å². The first-order chi connectivity index (χ1) is 7.39. The Morgan fingerprint density at radius 3 is 2.25 bits per heavy atom. The number of benzene rings is 1. The van der Waals surface area contributed by atoms with E-state index in [0.717, 1.165) is 4.31 Å². The standard InChI is InChI=1S/C10H15NO4S/c1-8(7-12)11(2)16(14,15)10-5-3-9(13)4-6-10/h3-6,8,12-13H,7H2,1-2H3. The third kappa shape index (κ3) is 2.52. The van der Waals surface area contributed by atoms with Crippen molar-refractivity contribution < 1.29 is 18.6 Å². The molecular formula is C10H15NO4S. The molecule has 0 aromatic heterocycles. The number of aliphatic hydroxyl groups excluding tert-OH is 1. The third-order valence-corrected chi connectivity index (χ3v) is 4.38. The van der Waals surface area contributed by atoms with E-state index in [1.54, 1.807) is 6.92 Å². The second kappa shape index (κ2) is 4.82. The summed E-state index contributed by atoms with van der Waals surface area (Å²) in [7, 11) is -2.20. The highest BCUT2D eigenvalue weighted by Gasteiger charge is 2.24. The summed E-state index contributed by atoms with van der Waals surface area (Å²) in [6.45, 7) is 1.37. The van der Waals surface area contributed by atoms with Crippen molar-refractivity contribution in [3.63, 3.8) is 0 Å². The van der Waals surface area contributed by atoms with E-state index in [0.29, 0.717) is 0 Å². The highest BCUT2D eigenvalue weighted by Crippen LogP contribution is 2.19. The zero-order valence-electron chi connectivity index (χ0n) is 9.16.